The minimum Gasteiger partial charge on any atom is -0.388 e. The molecule has 76 valence electrons. The average molecular weight is 249 g/mol. The van der Waals surface area contributed by atoms with Gasteiger partial charge in [0.15, 0.2) is 0 Å². The lowest BCUT2D eigenvalue weighted by Gasteiger charge is -2.12. The Morgan fingerprint density at radius 1 is 1.36 bits per heavy atom. The van der Waals surface area contributed by atoms with Gasteiger partial charge in [-0.2, -0.15) is 11.8 Å². The van der Waals surface area contributed by atoms with Crippen LogP contribution < -0.4 is 0 Å². The summed E-state index contributed by atoms with van der Waals surface area (Å²) in [6, 6.07) is 3.56. The number of fused-ring (bicyclic) bond motifs is 1. The summed E-state index contributed by atoms with van der Waals surface area (Å²) in [6.07, 6.45) is 0.352. The zero-order valence-electron chi connectivity index (χ0n) is 7.46. The maximum atomic E-state index is 9.86. The highest BCUT2D eigenvalue weighted by Gasteiger charge is 2.19. The van der Waals surface area contributed by atoms with Crippen molar-refractivity contribution in [3.63, 3.8) is 0 Å². The van der Waals surface area contributed by atoms with Crippen LogP contribution in [0.1, 0.15) is 23.7 Å². The Morgan fingerprint density at radius 3 is 2.93 bits per heavy atom. The van der Waals surface area contributed by atoms with Gasteiger partial charge in [0.1, 0.15) is 0 Å². The minimum atomic E-state index is -0.420. The van der Waals surface area contributed by atoms with Crippen LogP contribution in [0, 0.1) is 0 Å². The topological polar surface area (TPSA) is 20.2 Å². The third-order valence-corrected chi connectivity index (χ3v) is 3.91. The molecule has 0 aromatic heterocycles. The van der Waals surface area contributed by atoms with Crippen LogP contribution in [-0.4, -0.2) is 10.9 Å². The van der Waals surface area contributed by atoms with Crippen LogP contribution in [0.3, 0.4) is 0 Å². The Labute approximate surface area is 97.4 Å². The Kier molecular flexibility index (Phi) is 3.27. The van der Waals surface area contributed by atoms with E-state index in [0.29, 0.717) is 10.0 Å². The maximum absolute atomic E-state index is 9.86. The van der Waals surface area contributed by atoms with Crippen molar-refractivity contribution in [2.75, 3.05) is 5.75 Å². The van der Waals surface area contributed by atoms with Gasteiger partial charge in [0.25, 0.3) is 0 Å². The highest BCUT2D eigenvalue weighted by atomic mass is 35.5. The summed E-state index contributed by atoms with van der Waals surface area (Å²) in [6.45, 7) is 0. The first-order chi connectivity index (χ1) is 6.68. The molecule has 1 aromatic carbocycles. The van der Waals surface area contributed by atoms with Crippen molar-refractivity contribution in [3.05, 3.63) is 33.3 Å². The number of rotatable bonds is 0. The third kappa shape index (κ3) is 2.03. The summed E-state index contributed by atoms with van der Waals surface area (Å²) in [5.74, 6) is 1.83. The van der Waals surface area contributed by atoms with Crippen molar-refractivity contribution in [2.45, 2.75) is 18.3 Å². The standard InChI is InChI=1S/C10H10Cl2OS/c11-6-3-7-8(9(12)4-6)5-14-2-1-10(7)13/h3-4,10,13H,1-2,5H2. The number of aliphatic hydroxyl groups is 1. The first-order valence-electron chi connectivity index (χ1n) is 4.42. The van der Waals surface area contributed by atoms with Crippen molar-refractivity contribution >= 4 is 35.0 Å². The van der Waals surface area contributed by atoms with Gasteiger partial charge in [-0.15, -0.1) is 0 Å². The number of halogens is 2. The van der Waals surface area contributed by atoms with Gasteiger partial charge in [0.2, 0.25) is 0 Å². The van der Waals surface area contributed by atoms with Crippen LogP contribution >= 0.6 is 35.0 Å². The summed E-state index contributed by atoms with van der Waals surface area (Å²) < 4.78 is 0. The van der Waals surface area contributed by atoms with Gasteiger partial charge in [0, 0.05) is 15.8 Å². The number of hydrogen-bond donors (Lipinski definition) is 1. The van der Waals surface area contributed by atoms with E-state index in [0.717, 1.165) is 29.1 Å². The predicted molar refractivity (Wildman–Crippen MR) is 62.2 cm³/mol. The normalized spacial score (nSPS) is 21.5. The molecule has 0 bridgehead atoms. The lowest BCUT2D eigenvalue weighted by Crippen LogP contribution is -2.00. The Bertz CT molecular complexity index is 354. The molecule has 2 rings (SSSR count). The Hall–Kier alpha value is 0.110. The van der Waals surface area contributed by atoms with Gasteiger partial charge in [-0.3, -0.25) is 0 Å². The molecule has 0 saturated carbocycles. The van der Waals surface area contributed by atoms with E-state index in [-0.39, 0.29) is 0 Å². The maximum Gasteiger partial charge on any atom is 0.0801 e. The average Bonchev–Trinajstić information content (AvgIpc) is 2.29. The van der Waals surface area contributed by atoms with Crippen molar-refractivity contribution in [2.24, 2.45) is 0 Å². The second-order valence-electron chi connectivity index (χ2n) is 3.31. The largest absolute Gasteiger partial charge is 0.388 e. The number of thioether (sulfide) groups is 1. The number of aliphatic hydroxyl groups excluding tert-OH is 1. The molecule has 1 N–H and O–H groups in total. The molecule has 14 heavy (non-hydrogen) atoms. The molecule has 1 unspecified atom stereocenters. The predicted octanol–water partition coefficient (Wildman–Crippen LogP) is 3.66. The quantitative estimate of drug-likeness (QED) is 0.757. The molecule has 1 aliphatic heterocycles. The second kappa shape index (κ2) is 4.31. The van der Waals surface area contributed by atoms with E-state index in [1.165, 1.54) is 0 Å². The summed E-state index contributed by atoms with van der Waals surface area (Å²) >= 11 is 13.8. The van der Waals surface area contributed by atoms with Crippen molar-refractivity contribution in [1.82, 2.24) is 0 Å². The molecule has 1 heterocycles. The van der Waals surface area contributed by atoms with E-state index in [4.69, 9.17) is 23.2 Å². The fourth-order valence-electron chi connectivity index (χ4n) is 1.60. The molecule has 0 fully saturated rings. The van der Waals surface area contributed by atoms with Crippen LogP contribution in [0.2, 0.25) is 10.0 Å². The molecule has 0 amide bonds. The van der Waals surface area contributed by atoms with E-state index >= 15 is 0 Å². The van der Waals surface area contributed by atoms with E-state index < -0.39 is 6.10 Å². The zero-order valence-corrected chi connectivity index (χ0v) is 9.79. The van der Waals surface area contributed by atoms with Gasteiger partial charge in [-0.05, 0) is 35.4 Å². The van der Waals surface area contributed by atoms with E-state index in [9.17, 15) is 5.11 Å². The van der Waals surface area contributed by atoms with E-state index in [2.05, 4.69) is 0 Å². The monoisotopic (exact) mass is 248 g/mol. The molecule has 4 heteroatoms. The van der Waals surface area contributed by atoms with Crippen LogP contribution in [0.15, 0.2) is 12.1 Å². The molecule has 1 nitrogen and oxygen atoms in total. The van der Waals surface area contributed by atoms with Crippen molar-refractivity contribution in [1.29, 1.82) is 0 Å². The van der Waals surface area contributed by atoms with Gasteiger partial charge in [-0.25, -0.2) is 0 Å². The number of hydrogen-bond acceptors (Lipinski definition) is 2. The van der Waals surface area contributed by atoms with Crippen LogP contribution in [0.5, 0.6) is 0 Å². The smallest absolute Gasteiger partial charge is 0.0801 e. The molecular formula is C10H10Cl2OS. The van der Waals surface area contributed by atoms with Crippen molar-refractivity contribution < 1.29 is 5.11 Å². The van der Waals surface area contributed by atoms with Crippen molar-refractivity contribution in [3.8, 4) is 0 Å². The van der Waals surface area contributed by atoms with E-state index in [1.807, 2.05) is 6.07 Å². The highest BCUT2D eigenvalue weighted by Crippen LogP contribution is 2.36. The third-order valence-electron chi connectivity index (χ3n) is 2.34. The van der Waals surface area contributed by atoms with E-state index in [1.54, 1.807) is 17.8 Å². The molecule has 0 saturated heterocycles. The lowest BCUT2D eigenvalue weighted by molar-refractivity contribution is 0.175. The fraction of sp³-hybridized carbons (Fsp3) is 0.400. The first kappa shape index (κ1) is 10.6. The Morgan fingerprint density at radius 2 is 2.14 bits per heavy atom. The SMILES string of the molecule is OC1CCSCc2c(Cl)cc(Cl)cc21. The molecule has 0 aliphatic carbocycles. The number of benzene rings is 1. The van der Waals surface area contributed by atoms with Gasteiger partial charge < -0.3 is 5.11 Å². The first-order valence-corrected chi connectivity index (χ1v) is 6.33. The molecule has 1 atom stereocenters. The fourth-order valence-corrected chi connectivity index (χ4v) is 3.31. The van der Waals surface area contributed by atoms with Crippen LogP contribution in [0.25, 0.3) is 0 Å². The van der Waals surface area contributed by atoms with Crippen LogP contribution in [-0.2, 0) is 5.75 Å². The summed E-state index contributed by atoms with van der Waals surface area (Å²) in [7, 11) is 0. The lowest BCUT2D eigenvalue weighted by atomic mass is 10.0. The zero-order chi connectivity index (χ0) is 10.1. The molecular weight excluding hydrogens is 239 g/mol. The van der Waals surface area contributed by atoms with Gasteiger partial charge in [0.05, 0.1) is 6.10 Å². The van der Waals surface area contributed by atoms with Gasteiger partial charge >= 0.3 is 0 Å². The molecule has 1 aliphatic rings. The summed E-state index contributed by atoms with van der Waals surface area (Å²) in [4.78, 5) is 0. The second-order valence-corrected chi connectivity index (χ2v) is 5.26. The summed E-state index contributed by atoms with van der Waals surface area (Å²) in [5, 5.41) is 11.1. The van der Waals surface area contributed by atoms with Gasteiger partial charge in [-0.1, -0.05) is 23.2 Å². The highest BCUT2D eigenvalue weighted by molar-refractivity contribution is 7.98. The molecule has 0 radical (unpaired) electrons. The van der Waals surface area contributed by atoms with Crippen LogP contribution in [0.4, 0.5) is 0 Å². The molecule has 1 aromatic rings. The Balaban J connectivity index is 2.53. The summed E-state index contributed by atoms with van der Waals surface area (Å²) in [5.41, 5.74) is 1.93. The minimum absolute atomic E-state index is 0.420. The molecule has 0 spiro atoms.